The molecule has 0 atom stereocenters. The minimum Gasteiger partial charge on any atom is -0.482 e. The third-order valence-electron chi connectivity index (χ3n) is 3.86. The van der Waals surface area contributed by atoms with Crippen LogP contribution in [0.4, 0.5) is 5.69 Å². The highest BCUT2D eigenvalue weighted by molar-refractivity contribution is 5.98. The molecule has 2 amide bonds. The van der Waals surface area contributed by atoms with E-state index in [1.165, 1.54) is 0 Å². The lowest BCUT2D eigenvalue weighted by Crippen LogP contribution is -2.43. The van der Waals surface area contributed by atoms with Crippen molar-refractivity contribution in [3.05, 3.63) is 24.3 Å². The summed E-state index contributed by atoms with van der Waals surface area (Å²) >= 11 is 0. The van der Waals surface area contributed by atoms with Gasteiger partial charge in [0.15, 0.2) is 6.61 Å². The molecule has 0 saturated heterocycles. The van der Waals surface area contributed by atoms with Gasteiger partial charge in [0.2, 0.25) is 5.91 Å². The maximum atomic E-state index is 12.5. The molecule has 0 fully saturated rings. The normalized spacial score (nSPS) is 13.7. The Balaban J connectivity index is 2.00. The Morgan fingerprint density at radius 3 is 2.83 bits per heavy atom. The summed E-state index contributed by atoms with van der Waals surface area (Å²) in [5.41, 5.74) is 0.730. The van der Waals surface area contributed by atoms with E-state index in [1.54, 1.807) is 12.0 Å². The van der Waals surface area contributed by atoms with Gasteiger partial charge in [0.25, 0.3) is 5.91 Å². The first-order valence-electron chi connectivity index (χ1n) is 8.31. The lowest BCUT2D eigenvalue weighted by atomic mass is 10.2. The molecule has 1 aromatic rings. The molecule has 1 aliphatic heterocycles. The molecular weight excluding hydrogens is 308 g/mol. The Hall–Kier alpha value is -2.08. The van der Waals surface area contributed by atoms with Crippen LogP contribution in [0.1, 0.15) is 20.3 Å². The molecule has 6 heteroatoms. The molecular formula is C18H26N2O4. The zero-order chi connectivity index (χ0) is 17.5. The van der Waals surface area contributed by atoms with E-state index in [-0.39, 0.29) is 24.8 Å². The molecule has 24 heavy (non-hydrogen) atoms. The third kappa shape index (κ3) is 4.71. The molecule has 6 nitrogen and oxygen atoms in total. The van der Waals surface area contributed by atoms with Crippen LogP contribution in [0.3, 0.4) is 0 Å². The van der Waals surface area contributed by atoms with E-state index in [0.29, 0.717) is 37.9 Å². The van der Waals surface area contributed by atoms with Crippen LogP contribution < -0.4 is 9.64 Å². The van der Waals surface area contributed by atoms with Crippen LogP contribution in [0, 0.1) is 5.92 Å². The van der Waals surface area contributed by atoms with Crippen molar-refractivity contribution >= 4 is 17.5 Å². The fourth-order valence-corrected chi connectivity index (χ4v) is 2.72. The molecule has 0 spiro atoms. The van der Waals surface area contributed by atoms with Gasteiger partial charge in [-0.15, -0.1) is 0 Å². The average molecular weight is 334 g/mol. The first-order chi connectivity index (χ1) is 11.5. The molecule has 0 N–H and O–H groups in total. The van der Waals surface area contributed by atoms with E-state index in [4.69, 9.17) is 9.47 Å². The van der Waals surface area contributed by atoms with Gasteiger partial charge in [0.05, 0.1) is 12.3 Å². The summed E-state index contributed by atoms with van der Waals surface area (Å²) in [6.07, 6.45) is 0.288. The summed E-state index contributed by atoms with van der Waals surface area (Å²) in [7, 11) is 1.63. The number of amides is 2. The van der Waals surface area contributed by atoms with Crippen LogP contribution >= 0.6 is 0 Å². The Morgan fingerprint density at radius 2 is 2.12 bits per heavy atom. The Morgan fingerprint density at radius 1 is 1.38 bits per heavy atom. The first kappa shape index (κ1) is 18.3. The van der Waals surface area contributed by atoms with Crippen molar-refractivity contribution in [3.63, 3.8) is 0 Å². The van der Waals surface area contributed by atoms with Gasteiger partial charge >= 0.3 is 0 Å². The quantitative estimate of drug-likeness (QED) is 0.729. The number of fused-ring (bicyclic) bond motifs is 1. The molecule has 0 aromatic heterocycles. The minimum atomic E-state index is -0.117. The SMILES string of the molecule is COCCN(CC(C)C)C(=O)CCN1C(=O)COc2ccccc21. The highest BCUT2D eigenvalue weighted by Gasteiger charge is 2.26. The number of para-hydroxylation sites is 2. The molecule has 0 unspecified atom stereocenters. The van der Waals surface area contributed by atoms with E-state index in [0.717, 1.165) is 5.69 Å². The standard InChI is InChI=1S/C18H26N2O4/c1-14(2)12-19(10-11-23-3)17(21)8-9-20-15-6-4-5-7-16(15)24-13-18(20)22/h4-7,14H,8-13H2,1-3H3. The van der Waals surface area contributed by atoms with Crippen LogP contribution in [-0.2, 0) is 14.3 Å². The summed E-state index contributed by atoms with van der Waals surface area (Å²) < 4.78 is 10.5. The van der Waals surface area contributed by atoms with Gasteiger partial charge in [-0.3, -0.25) is 9.59 Å². The maximum Gasteiger partial charge on any atom is 0.265 e. The van der Waals surface area contributed by atoms with E-state index < -0.39 is 0 Å². The van der Waals surface area contributed by atoms with Crippen LogP contribution in [0.25, 0.3) is 0 Å². The Bertz CT molecular complexity index is 574. The lowest BCUT2D eigenvalue weighted by Gasteiger charge is -2.30. The zero-order valence-electron chi connectivity index (χ0n) is 14.7. The number of hydrogen-bond acceptors (Lipinski definition) is 4. The van der Waals surface area contributed by atoms with Crippen molar-refractivity contribution in [2.75, 3.05) is 44.9 Å². The molecule has 1 heterocycles. The van der Waals surface area contributed by atoms with E-state index >= 15 is 0 Å². The predicted molar refractivity (Wildman–Crippen MR) is 92.2 cm³/mol. The summed E-state index contributed by atoms with van der Waals surface area (Å²) in [4.78, 5) is 28.1. The van der Waals surface area contributed by atoms with Gasteiger partial charge < -0.3 is 19.3 Å². The Kier molecular flexibility index (Phi) is 6.61. The van der Waals surface area contributed by atoms with E-state index in [1.807, 2.05) is 29.2 Å². The van der Waals surface area contributed by atoms with Gasteiger partial charge in [-0.05, 0) is 18.1 Å². The Labute approximate surface area is 143 Å². The minimum absolute atomic E-state index is 0.0184. The topological polar surface area (TPSA) is 59.1 Å². The number of nitrogens with zero attached hydrogens (tertiary/aromatic N) is 2. The van der Waals surface area contributed by atoms with Crippen molar-refractivity contribution in [1.82, 2.24) is 4.90 Å². The first-order valence-corrected chi connectivity index (χ1v) is 8.31. The monoisotopic (exact) mass is 334 g/mol. The zero-order valence-corrected chi connectivity index (χ0v) is 14.7. The van der Waals surface area contributed by atoms with Crippen LogP contribution in [0.5, 0.6) is 5.75 Å². The van der Waals surface area contributed by atoms with Gasteiger partial charge in [0, 0.05) is 33.2 Å². The van der Waals surface area contributed by atoms with Crippen molar-refractivity contribution in [3.8, 4) is 5.75 Å². The smallest absolute Gasteiger partial charge is 0.265 e. The van der Waals surface area contributed by atoms with Gasteiger partial charge in [-0.25, -0.2) is 0 Å². The number of carbonyl (C=O) groups is 2. The summed E-state index contributed by atoms with van der Waals surface area (Å²) in [5, 5.41) is 0. The molecule has 1 aromatic carbocycles. The van der Waals surface area contributed by atoms with Crippen molar-refractivity contribution < 1.29 is 19.1 Å². The number of hydrogen-bond donors (Lipinski definition) is 0. The van der Waals surface area contributed by atoms with Crippen molar-refractivity contribution in [1.29, 1.82) is 0 Å². The van der Waals surface area contributed by atoms with Crippen molar-refractivity contribution in [2.45, 2.75) is 20.3 Å². The van der Waals surface area contributed by atoms with Gasteiger partial charge in [0.1, 0.15) is 5.75 Å². The van der Waals surface area contributed by atoms with E-state index in [9.17, 15) is 9.59 Å². The number of anilines is 1. The number of ether oxygens (including phenoxy) is 2. The average Bonchev–Trinajstić information content (AvgIpc) is 2.57. The lowest BCUT2D eigenvalue weighted by molar-refractivity contribution is -0.132. The van der Waals surface area contributed by atoms with Crippen LogP contribution in [-0.4, -0.2) is 56.7 Å². The summed E-state index contributed by atoms with van der Waals surface area (Å²) in [6.45, 7) is 6.31. The fraction of sp³-hybridized carbons (Fsp3) is 0.556. The largest absolute Gasteiger partial charge is 0.482 e. The molecule has 0 aliphatic carbocycles. The number of methoxy groups -OCH3 is 1. The molecule has 1 aliphatic rings. The second-order valence-corrected chi connectivity index (χ2v) is 6.28. The maximum absolute atomic E-state index is 12.5. The van der Waals surface area contributed by atoms with Crippen molar-refractivity contribution in [2.24, 2.45) is 5.92 Å². The molecule has 2 rings (SSSR count). The van der Waals surface area contributed by atoms with Crippen LogP contribution in [0.15, 0.2) is 24.3 Å². The molecule has 0 radical (unpaired) electrons. The summed E-state index contributed by atoms with van der Waals surface area (Å²) in [6, 6.07) is 7.40. The summed E-state index contributed by atoms with van der Waals surface area (Å²) in [5.74, 6) is 0.992. The fourth-order valence-electron chi connectivity index (χ4n) is 2.72. The number of carbonyl (C=O) groups excluding carboxylic acids is 2. The number of rotatable bonds is 8. The molecule has 0 bridgehead atoms. The van der Waals surface area contributed by atoms with Gasteiger partial charge in [-0.1, -0.05) is 26.0 Å². The van der Waals surface area contributed by atoms with Gasteiger partial charge in [-0.2, -0.15) is 0 Å². The third-order valence-corrected chi connectivity index (χ3v) is 3.86. The van der Waals surface area contributed by atoms with Crippen LogP contribution in [0.2, 0.25) is 0 Å². The highest BCUT2D eigenvalue weighted by atomic mass is 16.5. The predicted octanol–water partition coefficient (Wildman–Crippen LogP) is 1.93. The highest BCUT2D eigenvalue weighted by Crippen LogP contribution is 2.31. The second-order valence-electron chi connectivity index (χ2n) is 6.28. The molecule has 0 saturated carbocycles. The second kappa shape index (κ2) is 8.68. The molecule has 132 valence electrons. The number of benzene rings is 1. The van der Waals surface area contributed by atoms with E-state index in [2.05, 4.69) is 13.8 Å².